The molecular formula is C6H5BrClNO. The van der Waals surface area contributed by atoms with E-state index in [0.29, 0.717) is 4.47 Å². The fourth-order valence-electron chi connectivity index (χ4n) is 0.496. The first-order valence-corrected chi connectivity index (χ1v) is 3.56. The standard InChI is InChI=1S/C6H5BrClNO/c1-10-6-3-4(7)2-5(8)9-6/h2-3H,1H3/i1D3. The molecule has 0 aliphatic carbocycles. The SMILES string of the molecule is [2H]C([2H])([2H])Oc1cc(Br)cc(Cl)n1. The lowest BCUT2D eigenvalue weighted by Gasteiger charge is -1.98. The Kier molecular flexibility index (Phi) is 1.47. The summed E-state index contributed by atoms with van der Waals surface area (Å²) in [6.45, 7) is 0. The van der Waals surface area contributed by atoms with Gasteiger partial charge in [-0.15, -0.1) is 0 Å². The van der Waals surface area contributed by atoms with E-state index >= 15 is 0 Å². The third kappa shape index (κ3) is 1.85. The molecule has 0 saturated heterocycles. The van der Waals surface area contributed by atoms with Gasteiger partial charge in [-0.2, -0.15) is 0 Å². The number of pyridine rings is 1. The number of halogens is 2. The quantitative estimate of drug-likeness (QED) is 0.685. The Morgan fingerprint density at radius 1 is 1.80 bits per heavy atom. The van der Waals surface area contributed by atoms with Crippen molar-refractivity contribution in [1.29, 1.82) is 0 Å². The second-order valence-electron chi connectivity index (χ2n) is 1.55. The van der Waals surface area contributed by atoms with E-state index in [4.69, 9.17) is 15.7 Å². The minimum absolute atomic E-state index is 0.0284. The van der Waals surface area contributed by atoms with Gasteiger partial charge in [0.05, 0.1) is 11.2 Å². The summed E-state index contributed by atoms with van der Waals surface area (Å²) in [5.74, 6) is -0.0284. The lowest BCUT2D eigenvalue weighted by Crippen LogP contribution is -1.86. The molecule has 0 bridgehead atoms. The number of ether oxygens (including phenoxy) is 1. The summed E-state index contributed by atoms with van der Waals surface area (Å²) in [6, 6.07) is 2.96. The average molecular weight is 225 g/mol. The maximum Gasteiger partial charge on any atom is 0.215 e. The first-order chi connectivity index (χ1) is 5.87. The molecule has 0 aliphatic heterocycles. The van der Waals surface area contributed by atoms with Crippen LogP contribution in [0.15, 0.2) is 16.6 Å². The summed E-state index contributed by atoms with van der Waals surface area (Å²) in [5.41, 5.74) is 0. The first kappa shape index (κ1) is 4.57. The highest BCUT2D eigenvalue weighted by Crippen LogP contribution is 2.19. The van der Waals surface area contributed by atoms with Gasteiger partial charge in [-0.3, -0.25) is 0 Å². The zero-order chi connectivity index (χ0) is 10.1. The van der Waals surface area contributed by atoms with E-state index in [1.807, 2.05) is 0 Å². The van der Waals surface area contributed by atoms with Gasteiger partial charge in [0.15, 0.2) is 0 Å². The van der Waals surface area contributed by atoms with Gasteiger partial charge in [0.2, 0.25) is 5.88 Å². The van der Waals surface area contributed by atoms with Crippen molar-refractivity contribution in [2.75, 3.05) is 7.04 Å². The molecular weight excluding hydrogens is 217 g/mol. The number of hydrogen-bond acceptors (Lipinski definition) is 2. The summed E-state index contributed by atoms with van der Waals surface area (Å²) in [6.07, 6.45) is 0. The van der Waals surface area contributed by atoms with E-state index in [1.165, 1.54) is 12.1 Å². The molecule has 0 saturated carbocycles. The van der Waals surface area contributed by atoms with Crippen LogP contribution in [0.25, 0.3) is 0 Å². The Hall–Kier alpha value is -0.280. The van der Waals surface area contributed by atoms with Gasteiger partial charge in [-0.1, -0.05) is 27.5 Å². The summed E-state index contributed by atoms with van der Waals surface area (Å²) >= 11 is 8.71. The molecule has 0 N–H and O–H groups in total. The highest BCUT2D eigenvalue weighted by Gasteiger charge is 1.96. The lowest BCUT2D eigenvalue weighted by molar-refractivity contribution is 0.397. The molecule has 54 valence electrons. The van der Waals surface area contributed by atoms with Crippen LogP contribution in [0.1, 0.15) is 4.11 Å². The second kappa shape index (κ2) is 3.21. The predicted molar refractivity (Wildman–Crippen MR) is 43.5 cm³/mol. The third-order valence-corrected chi connectivity index (χ3v) is 1.49. The van der Waals surface area contributed by atoms with E-state index in [9.17, 15) is 0 Å². The van der Waals surface area contributed by atoms with Gasteiger partial charge in [0.25, 0.3) is 0 Å². The Morgan fingerprint density at radius 3 is 3.20 bits per heavy atom. The molecule has 2 nitrogen and oxygen atoms in total. The molecule has 10 heavy (non-hydrogen) atoms. The zero-order valence-corrected chi connectivity index (χ0v) is 7.11. The summed E-state index contributed by atoms with van der Waals surface area (Å²) in [4.78, 5) is 3.67. The second-order valence-corrected chi connectivity index (χ2v) is 2.85. The van der Waals surface area contributed by atoms with Crippen LogP contribution in [-0.4, -0.2) is 12.0 Å². The molecule has 4 heteroatoms. The van der Waals surface area contributed by atoms with E-state index in [-0.39, 0.29) is 11.0 Å². The number of methoxy groups -OCH3 is 1. The van der Waals surface area contributed by atoms with Crippen LogP contribution >= 0.6 is 27.5 Å². The van der Waals surface area contributed by atoms with Crippen LogP contribution in [0.5, 0.6) is 5.88 Å². The number of hydrogen-bond donors (Lipinski definition) is 0. The topological polar surface area (TPSA) is 22.1 Å². The summed E-state index contributed by atoms with van der Waals surface area (Å²) < 4.78 is 25.6. The monoisotopic (exact) mass is 224 g/mol. The minimum Gasteiger partial charge on any atom is -0.481 e. The molecule has 1 aromatic rings. The number of rotatable bonds is 1. The molecule has 0 radical (unpaired) electrons. The van der Waals surface area contributed by atoms with Crippen molar-refractivity contribution in [2.45, 2.75) is 0 Å². The molecule has 1 aromatic heterocycles. The van der Waals surface area contributed by atoms with Crippen molar-refractivity contribution in [2.24, 2.45) is 0 Å². The smallest absolute Gasteiger partial charge is 0.215 e. The van der Waals surface area contributed by atoms with Gasteiger partial charge in [0, 0.05) is 10.5 Å². The van der Waals surface area contributed by atoms with Crippen LogP contribution in [0.4, 0.5) is 0 Å². The molecule has 0 aliphatic rings. The molecule has 0 fully saturated rings. The molecule has 0 unspecified atom stereocenters. The van der Waals surface area contributed by atoms with Crippen molar-refractivity contribution in [1.82, 2.24) is 4.98 Å². The zero-order valence-electron chi connectivity index (χ0n) is 7.77. The number of nitrogens with zero attached hydrogens (tertiary/aromatic N) is 1. The van der Waals surface area contributed by atoms with Gasteiger partial charge < -0.3 is 4.74 Å². The van der Waals surface area contributed by atoms with E-state index < -0.39 is 7.04 Å². The first-order valence-electron chi connectivity index (χ1n) is 3.89. The third-order valence-electron chi connectivity index (χ3n) is 0.840. The highest BCUT2D eigenvalue weighted by molar-refractivity contribution is 9.10. The molecule has 0 atom stereocenters. The van der Waals surface area contributed by atoms with Crippen LogP contribution in [0.2, 0.25) is 5.15 Å². The van der Waals surface area contributed by atoms with Crippen molar-refractivity contribution < 1.29 is 8.85 Å². The van der Waals surface area contributed by atoms with E-state index in [0.717, 1.165) is 0 Å². The fourth-order valence-corrected chi connectivity index (χ4v) is 1.24. The largest absolute Gasteiger partial charge is 0.481 e. The Labute approximate surface area is 76.5 Å². The normalized spacial score (nSPS) is 15.2. The fraction of sp³-hybridized carbons (Fsp3) is 0.167. The molecule has 0 spiro atoms. The van der Waals surface area contributed by atoms with Crippen LogP contribution in [0, 0.1) is 0 Å². The van der Waals surface area contributed by atoms with Gasteiger partial charge in [-0.25, -0.2) is 4.98 Å². The van der Waals surface area contributed by atoms with E-state index in [1.54, 1.807) is 0 Å². The van der Waals surface area contributed by atoms with Crippen molar-refractivity contribution in [3.63, 3.8) is 0 Å². The Balaban J connectivity index is 2.90. The van der Waals surface area contributed by atoms with Crippen molar-refractivity contribution >= 4 is 27.5 Å². The maximum atomic E-state index is 6.82. The van der Waals surface area contributed by atoms with Crippen molar-refractivity contribution in [3.05, 3.63) is 21.8 Å². The molecule has 1 heterocycles. The average Bonchev–Trinajstić information content (AvgIpc) is 1.78. The molecule has 1 rings (SSSR count). The minimum atomic E-state index is -2.50. The lowest BCUT2D eigenvalue weighted by atomic mass is 10.5. The van der Waals surface area contributed by atoms with Gasteiger partial charge in [0.1, 0.15) is 5.15 Å². The number of aromatic nitrogens is 1. The highest BCUT2D eigenvalue weighted by atomic mass is 79.9. The predicted octanol–water partition coefficient (Wildman–Crippen LogP) is 2.51. The van der Waals surface area contributed by atoms with Crippen molar-refractivity contribution in [3.8, 4) is 5.88 Å². The molecule has 0 aromatic carbocycles. The Bertz CT molecular complexity index is 297. The van der Waals surface area contributed by atoms with E-state index in [2.05, 4.69) is 25.7 Å². The van der Waals surface area contributed by atoms with Crippen LogP contribution in [-0.2, 0) is 0 Å². The Morgan fingerprint density at radius 2 is 2.60 bits per heavy atom. The van der Waals surface area contributed by atoms with Gasteiger partial charge >= 0.3 is 0 Å². The van der Waals surface area contributed by atoms with Crippen LogP contribution in [0.3, 0.4) is 0 Å². The van der Waals surface area contributed by atoms with Crippen LogP contribution < -0.4 is 4.74 Å². The van der Waals surface area contributed by atoms with Gasteiger partial charge in [-0.05, 0) is 6.07 Å². The summed E-state index contributed by atoms with van der Waals surface area (Å²) in [5, 5.41) is 0.175. The summed E-state index contributed by atoms with van der Waals surface area (Å²) in [7, 11) is -2.50. The maximum absolute atomic E-state index is 6.82. The molecule has 0 amide bonds.